The molecule has 1 aliphatic heterocycles. The maximum absolute atomic E-state index is 12.5. The molecule has 5 heteroatoms. The van der Waals surface area contributed by atoms with Crippen LogP contribution in [0.5, 0.6) is 0 Å². The molecule has 1 atom stereocenters. The Morgan fingerprint density at radius 2 is 1.86 bits per heavy atom. The van der Waals surface area contributed by atoms with Crippen LogP contribution in [0.15, 0.2) is 48.5 Å². The lowest BCUT2D eigenvalue weighted by atomic mass is 9.90. The third-order valence-corrected chi connectivity index (χ3v) is 5.37. The highest BCUT2D eigenvalue weighted by Crippen LogP contribution is 2.26. The Kier molecular flexibility index (Phi) is 6.38. The molecule has 2 amide bonds. The summed E-state index contributed by atoms with van der Waals surface area (Å²) >= 11 is 0. The highest BCUT2D eigenvalue weighted by atomic mass is 16.5. The predicted octanol–water partition coefficient (Wildman–Crippen LogP) is 3.33. The molecule has 0 aromatic heterocycles. The first-order valence-corrected chi connectivity index (χ1v) is 10.2. The van der Waals surface area contributed by atoms with Gasteiger partial charge in [-0.15, -0.1) is 0 Å². The topological polar surface area (TPSA) is 72.6 Å². The van der Waals surface area contributed by atoms with E-state index in [0.29, 0.717) is 26.0 Å². The van der Waals surface area contributed by atoms with E-state index in [1.807, 2.05) is 44.2 Å². The van der Waals surface area contributed by atoms with Crippen molar-refractivity contribution < 1.29 is 14.3 Å². The average molecular weight is 395 g/mol. The van der Waals surface area contributed by atoms with Crippen molar-refractivity contribution in [1.82, 2.24) is 4.90 Å². The predicted molar refractivity (Wildman–Crippen MR) is 114 cm³/mol. The summed E-state index contributed by atoms with van der Waals surface area (Å²) in [6.07, 6.45) is 0.807. The molecule has 0 unspecified atom stereocenters. The van der Waals surface area contributed by atoms with Crippen LogP contribution < -0.4 is 5.73 Å². The number of amides is 2. The minimum absolute atomic E-state index is 0.0451. The lowest BCUT2D eigenvalue weighted by Crippen LogP contribution is -2.61. The largest absolute Gasteiger partial charge is 0.367 e. The molecule has 5 nitrogen and oxygen atoms in total. The van der Waals surface area contributed by atoms with Crippen molar-refractivity contribution in [1.29, 1.82) is 0 Å². The number of morpholine rings is 1. The molecule has 2 aromatic rings. The van der Waals surface area contributed by atoms with Crippen molar-refractivity contribution in [3.8, 4) is 11.1 Å². The molecule has 2 aromatic carbocycles. The number of nitrogens with zero attached hydrogens (tertiary/aromatic N) is 1. The van der Waals surface area contributed by atoms with Gasteiger partial charge in [0.05, 0.1) is 13.2 Å². The van der Waals surface area contributed by atoms with Crippen LogP contribution in [-0.4, -0.2) is 42.0 Å². The summed E-state index contributed by atoms with van der Waals surface area (Å²) in [5, 5.41) is 0. The molecule has 1 aliphatic rings. The smallest absolute Gasteiger partial charge is 0.251 e. The molecular formula is C24H30N2O3. The Morgan fingerprint density at radius 3 is 2.48 bits per heavy atom. The SMILES string of the molecule is Cc1cccc(-c2ccc(C[C@@]3(C(N)=O)CN(C(=O)CC(C)C)CCO3)cc2)c1. The van der Waals surface area contributed by atoms with E-state index < -0.39 is 11.5 Å². The van der Waals surface area contributed by atoms with Gasteiger partial charge in [0.1, 0.15) is 0 Å². The molecule has 0 saturated carbocycles. The monoisotopic (exact) mass is 394 g/mol. The summed E-state index contributed by atoms with van der Waals surface area (Å²) in [4.78, 5) is 26.6. The number of hydrogen-bond acceptors (Lipinski definition) is 3. The van der Waals surface area contributed by atoms with Gasteiger partial charge < -0.3 is 15.4 Å². The molecule has 29 heavy (non-hydrogen) atoms. The van der Waals surface area contributed by atoms with Crippen molar-refractivity contribution in [2.24, 2.45) is 11.7 Å². The lowest BCUT2D eigenvalue weighted by Gasteiger charge is -2.41. The van der Waals surface area contributed by atoms with E-state index in [1.165, 1.54) is 5.56 Å². The number of nitrogens with two attached hydrogens (primary N) is 1. The summed E-state index contributed by atoms with van der Waals surface area (Å²) in [7, 11) is 0. The zero-order chi connectivity index (χ0) is 21.0. The maximum Gasteiger partial charge on any atom is 0.251 e. The van der Waals surface area contributed by atoms with E-state index in [2.05, 4.69) is 25.1 Å². The van der Waals surface area contributed by atoms with E-state index in [9.17, 15) is 9.59 Å². The van der Waals surface area contributed by atoms with Gasteiger partial charge in [-0.3, -0.25) is 9.59 Å². The van der Waals surface area contributed by atoms with Crippen LogP contribution in [0.25, 0.3) is 11.1 Å². The third kappa shape index (κ3) is 5.04. The van der Waals surface area contributed by atoms with Crippen LogP contribution in [0.4, 0.5) is 0 Å². The molecular weight excluding hydrogens is 364 g/mol. The first-order valence-electron chi connectivity index (χ1n) is 10.2. The van der Waals surface area contributed by atoms with Crippen LogP contribution in [0.2, 0.25) is 0 Å². The van der Waals surface area contributed by atoms with E-state index in [-0.39, 0.29) is 18.4 Å². The number of primary amides is 1. The van der Waals surface area contributed by atoms with E-state index in [4.69, 9.17) is 10.5 Å². The Bertz CT molecular complexity index is 876. The first kappa shape index (κ1) is 21.1. The molecule has 2 N–H and O–H groups in total. The fourth-order valence-corrected chi connectivity index (χ4v) is 3.79. The van der Waals surface area contributed by atoms with Crippen molar-refractivity contribution in [3.63, 3.8) is 0 Å². The highest BCUT2D eigenvalue weighted by molar-refractivity contribution is 5.86. The van der Waals surface area contributed by atoms with Crippen molar-refractivity contribution in [3.05, 3.63) is 59.7 Å². The van der Waals surface area contributed by atoms with Gasteiger partial charge in [-0.2, -0.15) is 0 Å². The zero-order valence-electron chi connectivity index (χ0n) is 17.5. The quantitative estimate of drug-likeness (QED) is 0.817. The minimum Gasteiger partial charge on any atom is -0.367 e. The average Bonchev–Trinajstić information content (AvgIpc) is 2.68. The molecule has 3 rings (SSSR count). The molecule has 0 spiro atoms. The van der Waals surface area contributed by atoms with Crippen LogP contribution in [0, 0.1) is 12.8 Å². The molecule has 0 aliphatic carbocycles. The van der Waals surface area contributed by atoms with E-state index in [0.717, 1.165) is 16.7 Å². The second-order valence-corrected chi connectivity index (χ2v) is 8.36. The van der Waals surface area contributed by atoms with Gasteiger partial charge in [0.15, 0.2) is 5.60 Å². The number of aryl methyl sites for hydroxylation is 1. The Morgan fingerprint density at radius 1 is 1.14 bits per heavy atom. The maximum atomic E-state index is 12.5. The summed E-state index contributed by atoms with van der Waals surface area (Å²) in [5.74, 6) is -0.214. The molecule has 0 radical (unpaired) electrons. The number of carbonyl (C=O) groups excluding carboxylic acids is 2. The van der Waals surface area contributed by atoms with Crippen molar-refractivity contribution in [2.45, 2.75) is 39.2 Å². The van der Waals surface area contributed by atoms with Gasteiger partial charge in [0.2, 0.25) is 5.91 Å². The van der Waals surface area contributed by atoms with E-state index >= 15 is 0 Å². The normalized spacial score (nSPS) is 19.4. The minimum atomic E-state index is -1.18. The van der Waals surface area contributed by atoms with E-state index in [1.54, 1.807) is 4.90 Å². The Labute approximate surface area is 172 Å². The molecule has 154 valence electrons. The van der Waals surface area contributed by atoms with Crippen LogP contribution in [0.3, 0.4) is 0 Å². The van der Waals surface area contributed by atoms with Gasteiger partial charge in [-0.25, -0.2) is 0 Å². The number of ether oxygens (including phenoxy) is 1. The first-order chi connectivity index (χ1) is 13.8. The molecule has 1 saturated heterocycles. The third-order valence-electron chi connectivity index (χ3n) is 5.37. The van der Waals surface area contributed by atoms with Gasteiger partial charge >= 0.3 is 0 Å². The number of benzene rings is 2. The summed E-state index contributed by atoms with van der Waals surface area (Å²) < 4.78 is 5.88. The highest BCUT2D eigenvalue weighted by Gasteiger charge is 2.43. The Hall–Kier alpha value is -2.66. The summed E-state index contributed by atoms with van der Waals surface area (Å²) in [5.41, 5.74) is 9.00. The van der Waals surface area contributed by atoms with Gasteiger partial charge in [0.25, 0.3) is 5.91 Å². The Balaban J connectivity index is 1.78. The zero-order valence-corrected chi connectivity index (χ0v) is 17.5. The second-order valence-electron chi connectivity index (χ2n) is 8.36. The van der Waals surface area contributed by atoms with Crippen molar-refractivity contribution in [2.75, 3.05) is 19.7 Å². The lowest BCUT2D eigenvalue weighted by molar-refractivity contribution is -0.163. The standard InChI is InChI=1S/C24H30N2O3/c1-17(2)13-22(27)26-11-12-29-24(16-26,23(25)28)15-19-7-9-20(10-8-19)21-6-4-5-18(3)14-21/h4-10,14,17H,11-13,15-16H2,1-3H3,(H2,25,28)/t24-/m0/s1. The molecule has 0 bridgehead atoms. The summed E-state index contributed by atoms with van der Waals surface area (Å²) in [6.45, 7) is 7.10. The van der Waals surface area contributed by atoms with Crippen LogP contribution in [-0.2, 0) is 20.7 Å². The fourth-order valence-electron chi connectivity index (χ4n) is 3.79. The van der Waals surface area contributed by atoms with Crippen LogP contribution in [0.1, 0.15) is 31.4 Å². The molecule has 1 fully saturated rings. The fraction of sp³-hybridized carbons (Fsp3) is 0.417. The second kappa shape index (κ2) is 8.78. The number of carbonyl (C=O) groups is 2. The van der Waals surface area contributed by atoms with Crippen molar-refractivity contribution >= 4 is 11.8 Å². The molecule has 1 heterocycles. The summed E-state index contributed by atoms with van der Waals surface area (Å²) in [6, 6.07) is 16.4. The van der Waals surface area contributed by atoms with Gasteiger partial charge in [-0.05, 0) is 29.5 Å². The van der Waals surface area contributed by atoms with Gasteiger partial charge in [0, 0.05) is 19.4 Å². The van der Waals surface area contributed by atoms with Crippen LogP contribution >= 0.6 is 0 Å². The van der Waals surface area contributed by atoms with Gasteiger partial charge in [-0.1, -0.05) is 67.9 Å². The number of rotatable bonds is 6. The number of hydrogen-bond donors (Lipinski definition) is 1.